The summed E-state index contributed by atoms with van der Waals surface area (Å²) in [7, 11) is 0. The number of amides is 1. The number of nitrogens with zero attached hydrogens (tertiary/aromatic N) is 3. The predicted octanol–water partition coefficient (Wildman–Crippen LogP) is 2.25. The van der Waals surface area contributed by atoms with E-state index < -0.39 is 0 Å². The van der Waals surface area contributed by atoms with Gasteiger partial charge in [-0.05, 0) is 37.6 Å². The summed E-state index contributed by atoms with van der Waals surface area (Å²) in [5.74, 6) is 0.138. The van der Waals surface area contributed by atoms with Gasteiger partial charge < -0.3 is 4.90 Å². The summed E-state index contributed by atoms with van der Waals surface area (Å²) >= 11 is 1.46. The minimum absolute atomic E-state index is 0.0549. The topological polar surface area (TPSA) is 55.2 Å². The first-order chi connectivity index (χ1) is 10.2. The van der Waals surface area contributed by atoms with Crippen molar-refractivity contribution >= 4 is 27.5 Å². The van der Waals surface area contributed by atoms with Crippen LogP contribution in [-0.4, -0.2) is 32.9 Å². The number of aryl methyl sites for hydroxylation is 1. The molecule has 21 heavy (non-hydrogen) atoms. The smallest absolute Gasteiger partial charge is 0.262 e. The van der Waals surface area contributed by atoms with E-state index in [0.29, 0.717) is 24.4 Å². The van der Waals surface area contributed by atoms with E-state index in [-0.39, 0.29) is 11.5 Å². The third-order valence-corrected chi connectivity index (χ3v) is 4.96. The molecule has 1 aliphatic rings. The van der Waals surface area contributed by atoms with Crippen LogP contribution in [0.1, 0.15) is 32.6 Å². The second-order valence-corrected chi connectivity index (χ2v) is 6.46. The van der Waals surface area contributed by atoms with E-state index in [0.717, 1.165) is 24.2 Å². The average Bonchev–Trinajstić information content (AvgIpc) is 2.96. The molecule has 0 N–H and O–H groups in total. The second-order valence-electron chi connectivity index (χ2n) is 5.56. The summed E-state index contributed by atoms with van der Waals surface area (Å²) in [5, 5.41) is 2.51. The molecular weight excluding hydrogens is 286 g/mol. The van der Waals surface area contributed by atoms with E-state index in [1.54, 1.807) is 17.0 Å². The number of likely N-dealkylation sites (tertiary alicyclic amines) is 1. The number of aromatic nitrogens is 2. The third-order valence-electron chi connectivity index (χ3n) is 4.14. The number of hydrogen-bond acceptors (Lipinski definition) is 4. The molecule has 1 unspecified atom stereocenters. The zero-order valence-corrected chi connectivity index (χ0v) is 12.9. The molecular formula is C15H19N3O2S. The lowest BCUT2D eigenvalue weighted by Crippen LogP contribution is -2.42. The van der Waals surface area contributed by atoms with Crippen LogP contribution in [0.4, 0.5) is 0 Å². The van der Waals surface area contributed by atoms with Gasteiger partial charge in [0, 0.05) is 25.6 Å². The Morgan fingerprint density at radius 1 is 1.48 bits per heavy atom. The maximum absolute atomic E-state index is 12.3. The fourth-order valence-electron chi connectivity index (χ4n) is 2.88. The molecule has 1 saturated heterocycles. The highest BCUT2D eigenvalue weighted by Gasteiger charge is 2.22. The van der Waals surface area contributed by atoms with Gasteiger partial charge in [-0.25, -0.2) is 4.98 Å². The Balaban J connectivity index is 1.70. The lowest BCUT2D eigenvalue weighted by atomic mass is 10.0. The Kier molecular flexibility index (Phi) is 4.05. The van der Waals surface area contributed by atoms with Crippen molar-refractivity contribution < 1.29 is 4.79 Å². The number of piperidine rings is 1. The highest BCUT2D eigenvalue weighted by atomic mass is 32.1. The Morgan fingerprint density at radius 3 is 3.14 bits per heavy atom. The monoisotopic (exact) mass is 305 g/mol. The van der Waals surface area contributed by atoms with Gasteiger partial charge in [0.25, 0.3) is 5.56 Å². The van der Waals surface area contributed by atoms with Gasteiger partial charge in [-0.2, -0.15) is 0 Å². The number of fused-ring (bicyclic) bond motifs is 1. The fourth-order valence-corrected chi connectivity index (χ4v) is 3.60. The van der Waals surface area contributed by atoms with Crippen LogP contribution < -0.4 is 5.56 Å². The standard InChI is InChI=1S/C15H19N3O2S/c1-11-4-2-3-7-18(11)13(19)5-8-17-10-16-14-12(15(17)20)6-9-21-14/h6,9-11H,2-5,7-8H2,1H3. The van der Waals surface area contributed by atoms with Gasteiger partial charge in [0.15, 0.2) is 0 Å². The molecule has 2 aromatic heterocycles. The summed E-state index contributed by atoms with van der Waals surface area (Å²) in [5.41, 5.74) is -0.0549. The molecule has 5 nitrogen and oxygen atoms in total. The summed E-state index contributed by atoms with van der Waals surface area (Å²) in [6, 6.07) is 2.11. The van der Waals surface area contributed by atoms with Gasteiger partial charge in [0.1, 0.15) is 4.83 Å². The minimum Gasteiger partial charge on any atom is -0.340 e. The quantitative estimate of drug-likeness (QED) is 0.874. The Bertz CT molecular complexity index is 706. The zero-order valence-electron chi connectivity index (χ0n) is 12.1. The number of carbonyl (C=O) groups is 1. The van der Waals surface area contributed by atoms with Crippen molar-refractivity contribution in [1.29, 1.82) is 0 Å². The molecule has 0 bridgehead atoms. The third kappa shape index (κ3) is 2.85. The Labute approximate surface area is 127 Å². The van der Waals surface area contributed by atoms with Crippen LogP contribution in [0, 0.1) is 0 Å². The van der Waals surface area contributed by atoms with Crippen LogP contribution in [-0.2, 0) is 11.3 Å². The van der Waals surface area contributed by atoms with Crippen LogP contribution in [0.2, 0.25) is 0 Å². The molecule has 1 atom stereocenters. The minimum atomic E-state index is -0.0549. The van der Waals surface area contributed by atoms with Crippen molar-refractivity contribution in [3.63, 3.8) is 0 Å². The first kappa shape index (κ1) is 14.3. The number of rotatable bonds is 3. The molecule has 6 heteroatoms. The predicted molar refractivity (Wildman–Crippen MR) is 83.5 cm³/mol. The molecule has 112 valence electrons. The molecule has 0 saturated carbocycles. The summed E-state index contributed by atoms with van der Waals surface area (Å²) in [6.45, 7) is 3.35. The van der Waals surface area contributed by atoms with Crippen LogP contribution >= 0.6 is 11.3 Å². The molecule has 1 fully saturated rings. The van der Waals surface area contributed by atoms with Crippen molar-refractivity contribution in [3.05, 3.63) is 28.1 Å². The second kappa shape index (κ2) is 5.97. The summed E-state index contributed by atoms with van der Waals surface area (Å²) < 4.78 is 1.54. The molecule has 0 radical (unpaired) electrons. The summed E-state index contributed by atoms with van der Waals surface area (Å²) in [6.07, 6.45) is 5.27. The Hall–Kier alpha value is -1.69. The Morgan fingerprint density at radius 2 is 2.33 bits per heavy atom. The van der Waals surface area contributed by atoms with Crippen LogP contribution in [0.3, 0.4) is 0 Å². The van der Waals surface area contributed by atoms with Crippen LogP contribution in [0.5, 0.6) is 0 Å². The SMILES string of the molecule is CC1CCCCN1C(=O)CCn1cnc2sccc2c1=O. The van der Waals surface area contributed by atoms with E-state index in [1.165, 1.54) is 17.8 Å². The lowest BCUT2D eigenvalue weighted by molar-refractivity contribution is -0.134. The molecule has 1 amide bonds. The molecule has 2 aromatic rings. The highest BCUT2D eigenvalue weighted by molar-refractivity contribution is 7.16. The van der Waals surface area contributed by atoms with Crippen molar-refractivity contribution in [2.75, 3.05) is 6.54 Å². The molecule has 1 aliphatic heterocycles. The maximum Gasteiger partial charge on any atom is 0.262 e. The van der Waals surface area contributed by atoms with E-state index in [4.69, 9.17) is 0 Å². The lowest BCUT2D eigenvalue weighted by Gasteiger charge is -2.33. The van der Waals surface area contributed by atoms with Gasteiger partial charge in [-0.3, -0.25) is 14.2 Å². The van der Waals surface area contributed by atoms with Gasteiger partial charge in [-0.15, -0.1) is 11.3 Å². The van der Waals surface area contributed by atoms with Crippen molar-refractivity contribution in [3.8, 4) is 0 Å². The average molecular weight is 305 g/mol. The molecule has 0 aromatic carbocycles. The zero-order chi connectivity index (χ0) is 14.8. The fraction of sp³-hybridized carbons (Fsp3) is 0.533. The van der Waals surface area contributed by atoms with Crippen LogP contribution in [0.15, 0.2) is 22.6 Å². The highest BCUT2D eigenvalue weighted by Crippen LogP contribution is 2.17. The van der Waals surface area contributed by atoms with Crippen molar-refractivity contribution in [1.82, 2.24) is 14.5 Å². The van der Waals surface area contributed by atoms with Gasteiger partial charge in [0.05, 0.1) is 11.7 Å². The summed E-state index contributed by atoms with van der Waals surface area (Å²) in [4.78, 5) is 31.5. The first-order valence-electron chi connectivity index (χ1n) is 7.39. The molecule has 0 aliphatic carbocycles. The van der Waals surface area contributed by atoms with E-state index >= 15 is 0 Å². The van der Waals surface area contributed by atoms with Gasteiger partial charge >= 0.3 is 0 Å². The largest absolute Gasteiger partial charge is 0.340 e. The van der Waals surface area contributed by atoms with E-state index in [9.17, 15) is 9.59 Å². The van der Waals surface area contributed by atoms with Crippen molar-refractivity contribution in [2.24, 2.45) is 0 Å². The maximum atomic E-state index is 12.3. The molecule has 3 rings (SSSR count). The van der Waals surface area contributed by atoms with E-state index in [1.807, 2.05) is 10.3 Å². The molecule has 0 spiro atoms. The number of hydrogen-bond donors (Lipinski definition) is 0. The van der Waals surface area contributed by atoms with Gasteiger partial charge in [-0.1, -0.05) is 0 Å². The van der Waals surface area contributed by atoms with Crippen molar-refractivity contribution in [2.45, 2.75) is 45.2 Å². The van der Waals surface area contributed by atoms with E-state index in [2.05, 4.69) is 11.9 Å². The molecule has 3 heterocycles. The van der Waals surface area contributed by atoms with Gasteiger partial charge in [0.2, 0.25) is 5.91 Å². The van der Waals surface area contributed by atoms with Crippen LogP contribution in [0.25, 0.3) is 10.2 Å². The first-order valence-corrected chi connectivity index (χ1v) is 8.27. The normalized spacial score (nSPS) is 19.1. The number of carbonyl (C=O) groups excluding carboxylic acids is 1. The number of thiophene rings is 1.